The van der Waals surface area contributed by atoms with Crippen molar-refractivity contribution in [1.29, 1.82) is 10.5 Å². The van der Waals surface area contributed by atoms with Crippen molar-refractivity contribution in [2.45, 2.75) is 38.5 Å². The van der Waals surface area contributed by atoms with Crippen LogP contribution in [0.4, 0.5) is 0 Å². The summed E-state index contributed by atoms with van der Waals surface area (Å²) in [6.07, 6.45) is 3.97. The fourth-order valence-electron chi connectivity index (χ4n) is 5.22. The lowest BCUT2D eigenvalue weighted by atomic mass is 9.96. The van der Waals surface area contributed by atoms with E-state index in [2.05, 4.69) is 30.1 Å². The van der Waals surface area contributed by atoms with E-state index in [9.17, 15) is 15.6 Å². The molecule has 1 aliphatic carbocycles. The molecule has 3 aromatic carbocycles. The molecule has 5 aromatic rings. The Hall–Kier alpha value is -4.46. The molecular weight excluding hydrogens is 474 g/mol. The quantitative estimate of drug-likeness (QED) is 0.240. The Balaban J connectivity index is 1.63. The van der Waals surface area contributed by atoms with Gasteiger partial charge in [-0.2, -0.15) is 10.5 Å². The average Bonchev–Trinajstić information content (AvgIpc) is 3.69. The molecule has 188 valence electrons. The van der Waals surface area contributed by atoms with Gasteiger partial charge in [-0.3, -0.25) is 4.98 Å². The van der Waals surface area contributed by atoms with Gasteiger partial charge in [0.15, 0.2) is 0 Å². The molecule has 1 saturated carbocycles. The standard InChI is InChI=1S/C31H27N5O2/c1-2-19(12-13-37)26-11-10-24-28(34-26)25-14-22(38-17-18-6-7-18)8-9-23(25)29-30(24)36-31(35-29)27-20(15-32)4-3-5-21(27)16-33/h3-5,8-11,14,18-19,37H,2,6-7,12-13,17H2,1H3,(H,35,36). The highest BCUT2D eigenvalue weighted by Crippen LogP contribution is 2.39. The zero-order valence-electron chi connectivity index (χ0n) is 21.2. The number of ether oxygens (including phenoxy) is 1. The van der Waals surface area contributed by atoms with Gasteiger partial charge in [0.25, 0.3) is 0 Å². The molecule has 0 aliphatic heterocycles. The maximum absolute atomic E-state index is 9.75. The molecule has 0 saturated heterocycles. The molecule has 0 bridgehead atoms. The number of H-pyrrole nitrogens is 1. The fourth-order valence-corrected chi connectivity index (χ4v) is 5.22. The van der Waals surface area contributed by atoms with Crippen LogP contribution < -0.4 is 4.74 Å². The van der Waals surface area contributed by atoms with Crippen LogP contribution in [-0.4, -0.2) is 33.3 Å². The summed E-state index contributed by atoms with van der Waals surface area (Å²) < 4.78 is 6.11. The number of nitrogens with zero attached hydrogens (tertiary/aromatic N) is 4. The number of nitriles is 2. The average molecular weight is 502 g/mol. The van der Waals surface area contributed by atoms with Gasteiger partial charge in [0.1, 0.15) is 11.6 Å². The van der Waals surface area contributed by atoms with Crippen molar-refractivity contribution in [1.82, 2.24) is 15.0 Å². The van der Waals surface area contributed by atoms with E-state index >= 15 is 0 Å². The Labute approximate surface area is 220 Å². The Morgan fingerprint density at radius 3 is 2.45 bits per heavy atom. The number of aromatic nitrogens is 3. The maximum Gasteiger partial charge on any atom is 0.141 e. The highest BCUT2D eigenvalue weighted by molar-refractivity contribution is 6.22. The lowest BCUT2D eigenvalue weighted by Gasteiger charge is -2.15. The van der Waals surface area contributed by atoms with Crippen LogP contribution in [0.15, 0.2) is 48.5 Å². The molecule has 7 heteroatoms. The van der Waals surface area contributed by atoms with Crippen LogP contribution in [0.1, 0.15) is 55.3 Å². The van der Waals surface area contributed by atoms with Gasteiger partial charge in [0.2, 0.25) is 0 Å². The minimum absolute atomic E-state index is 0.112. The summed E-state index contributed by atoms with van der Waals surface area (Å²) in [6.45, 7) is 2.94. The Bertz CT molecular complexity index is 1740. The van der Waals surface area contributed by atoms with E-state index in [1.54, 1.807) is 18.2 Å². The Morgan fingerprint density at radius 2 is 1.76 bits per heavy atom. The van der Waals surface area contributed by atoms with Crippen molar-refractivity contribution in [3.63, 3.8) is 0 Å². The summed E-state index contributed by atoms with van der Waals surface area (Å²) in [4.78, 5) is 13.5. The number of aliphatic hydroxyl groups is 1. The molecule has 0 spiro atoms. The number of fused-ring (bicyclic) bond motifs is 6. The molecule has 1 unspecified atom stereocenters. The summed E-state index contributed by atoms with van der Waals surface area (Å²) in [5, 5.41) is 31.9. The van der Waals surface area contributed by atoms with Gasteiger partial charge in [-0.25, -0.2) is 4.98 Å². The first-order valence-electron chi connectivity index (χ1n) is 13.1. The highest BCUT2D eigenvalue weighted by Gasteiger charge is 2.23. The molecule has 0 radical (unpaired) electrons. The number of aliphatic hydroxyl groups excluding tert-OH is 1. The van der Waals surface area contributed by atoms with Crippen LogP contribution in [0.5, 0.6) is 5.75 Å². The number of hydrogen-bond acceptors (Lipinski definition) is 6. The van der Waals surface area contributed by atoms with Crippen LogP contribution in [0.3, 0.4) is 0 Å². The van der Waals surface area contributed by atoms with E-state index in [0.717, 1.165) is 50.6 Å². The monoisotopic (exact) mass is 501 g/mol. The van der Waals surface area contributed by atoms with E-state index < -0.39 is 0 Å². The third-order valence-electron chi connectivity index (χ3n) is 7.50. The maximum atomic E-state index is 9.75. The van der Waals surface area contributed by atoms with Crippen LogP contribution in [0, 0.1) is 28.6 Å². The summed E-state index contributed by atoms with van der Waals surface area (Å²) in [5.74, 6) is 2.08. The fraction of sp³-hybridized carbons (Fsp3) is 0.290. The first-order chi connectivity index (χ1) is 18.6. The number of imidazole rings is 1. The van der Waals surface area contributed by atoms with Gasteiger partial charge in [0.05, 0.1) is 52.0 Å². The highest BCUT2D eigenvalue weighted by atomic mass is 16.5. The van der Waals surface area contributed by atoms with E-state index in [-0.39, 0.29) is 12.5 Å². The molecule has 1 atom stereocenters. The van der Waals surface area contributed by atoms with Gasteiger partial charge in [-0.05, 0) is 74.1 Å². The van der Waals surface area contributed by atoms with E-state index in [1.165, 1.54) is 12.8 Å². The molecule has 7 nitrogen and oxygen atoms in total. The minimum atomic E-state index is 0.112. The predicted octanol–water partition coefficient (Wildman–Crippen LogP) is 6.34. The number of benzene rings is 3. The number of hydrogen-bond donors (Lipinski definition) is 2. The second-order valence-corrected chi connectivity index (χ2v) is 9.97. The number of nitrogens with one attached hydrogen (secondary N) is 1. The summed E-state index contributed by atoms with van der Waals surface area (Å²) >= 11 is 0. The SMILES string of the molecule is CCC(CCO)c1ccc2c(n1)c1cc(OCC3CC3)ccc1c1nc(-c3c(C#N)cccc3C#N)[nH]c21. The second kappa shape index (κ2) is 9.78. The zero-order valence-corrected chi connectivity index (χ0v) is 21.2. The van der Waals surface area contributed by atoms with Crippen molar-refractivity contribution >= 4 is 32.7 Å². The number of pyridine rings is 1. The molecule has 0 amide bonds. The van der Waals surface area contributed by atoms with Gasteiger partial charge >= 0.3 is 0 Å². The zero-order chi connectivity index (χ0) is 26.2. The number of aromatic amines is 1. The Kier molecular flexibility index (Phi) is 6.15. The molecular formula is C31H27N5O2. The van der Waals surface area contributed by atoms with Crippen LogP contribution >= 0.6 is 0 Å². The predicted molar refractivity (Wildman–Crippen MR) is 147 cm³/mol. The lowest BCUT2D eigenvalue weighted by Crippen LogP contribution is -2.03. The normalized spacial score (nSPS) is 14.0. The third-order valence-corrected chi connectivity index (χ3v) is 7.50. The van der Waals surface area contributed by atoms with E-state index in [1.807, 2.05) is 24.3 Å². The molecule has 38 heavy (non-hydrogen) atoms. The van der Waals surface area contributed by atoms with Gasteiger partial charge in [-0.15, -0.1) is 0 Å². The summed E-state index contributed by atoms with van der Waals surface area (Å²) in [7, 11) is 0. The minimum Gasteiger partial charge on any atom is -0.493 e. The second-order valence-electron chi connectivity index (χ2n) is 9.97. The first kappa shape index (κ1) is 23.9. The lowest BCUT2D eigenvalue weighted by molar-refractivity contribution is 0.273. The largest absolute Gasteiger partial charge is 0.493 e. The van der Waals surface area contributed by atoms with Gasteiger partial charge < -0.3 is 14.8 Å². The van der Waals surface area contributed by atoms with Crippen molar-refractivity contribution in [2.24, 2.45) is 5.92 Å². The van der Waals surface area contributed by atoms with Crippen molar-refractivity contribution in [2.75, 3.05) is 13.2 Å². The molecule has 2 heterocycles. The molecule has 1 aliphatic rings. The first-order valence-corrected chi connectivity index (χ1v) is 13.1. The topological polar surface area (TPSA) is 119 Å². The van der Waals surface area contributed by atoms with Crippen LogP contribution in [0.25, 0.3) is 44.1 Å². The van der Waals surface area contributed by atoms with Crippen LogP contribution in [-0.2, 0) is 0 Å². The number of rotatable bonds is 8. The van der Waals surface area contributed by atoms with E-state index in [4.69, 9.17) is 14.7 Å². The molecule has 2 N–H and O–H groups in total. The van der Waals surface area contributed by atoms with Crippen molar-refractivity contribution in [3.8, 4) is 29.3 Å². The van der Waals surface area contributed by atoms with Crippen molar-refractivity contribution in [3.05, 3.63) is 65.4 Å². The molecule has 2 aromatic heterocycles. The third kappa shape index (κ3) is 4.12. The Morgan fingerprint density at radius 1 is 1.00 bits per heavy atom. The van der Waals surface area contributed by atoms with Gasteiger partial charge in [0, 0.05) is 34.4 Å². The van der Waals surface area contributed by atoms with Gasteiger partial charge in [-0.1, -0.05) is 13.0 Å². The summed E-state index contributed by atoms with van der Waals surface area (Å²) in [5.41, 5.74) is 4.62. The van der Waals surface area contributed by atoms with Crippen molar-refractivity contribution < 1.29 is 9.84 Å². The van der Waals surface area contributed by atoms with E-state index in [0.29, 0.717) is 41.5 Å². The summed E-state index contributed by atoms with van der Waals surface area (Å²) in [6, 6.07) is 19.6. The molecule has 1 fully saturated rings. The smallest absolute Gasteiger partial charge is 0.141 e. The van der Waals surface area contributed by atoms with Crippen LogP contribution in [0.2, 0.25) is 0 Å². The molecule has 6 rings (SSSR count).